The third-order valence-electron chi connectivity index (χ3n) is 1.85. The average molecular weight is 247 g/mol. The van der Waals surface area contributed by atoms with Gasteiger partial charge in [0.2, 0.25) is 0 Å². The van der Waals surface area contributed by atoms with Gasteiger partial charge in [0.15, 0.2) is 5.75 Å². The van der Waals surface area contributed by atoms with E-state index < -0.39 is 0 Å². The maximum absolute atomic E-state index is 11.3. The molecule has 0 atom stereocenters. The van der Waals surface area contributed by atoms with Crippen molar-refractivity contribution in [1.82, 2.24) is 0 Å². The molecule has 1 rings (SSSR count). The topological polar surface area (TPSA) is 26.3 Å². The van der Waals surface area contributed by atoms with E-state index in [2.05, 4.69) is 0 Å². The number of benzene rings is 1. The van der Waals surface area contributed by atoms with E-state index in [1.54, 1.807) is 12.1 Å². The molecule has 0 aliphatic heterocycles. The van der Waals surface area contributed by atoms with Crippen LogP contribution in [0.15, 0.2) is 18.2 Å². The van der Waals surface area contributed by atoms with Crippen molar-refractivity contribution in [2.45, 2.75) is 26.2 Å². The highest BCUT2D eigenvalue weighted by Crippen LogP contribution is 2.28. The van der Waals surface area contributed by atoms with Gasteiger partial charge in [0.25, 0.3) is 0 Å². The van der Waals surface area contributed by atoms with Crippen molar-refractivity contribution in [3.8, 4) is 5.75 Å². The molecule has 0 N–H and O–H groups in total. The van der Waals surface area contributed by atoms with E-state index in [1.807, 2.05) is 6.92 Å². The Kier molecular flexibility index (Phi) is 4.92. The summed E-state index contributed by atoms with van der Waals surface area (Å²) in [6.45, 7) is 2.01. The molecule has 0 bridgehead atoms. The van der Waals surface area contributed by atoms with Crippen LogP contribution in [0.1, 0.15) is 26.2 Å². The number of unbranched alkanes of at least 4 members (excludes halogenated alkanes) is 1. The van der Waals surface area contributed by atoms with Crippen LogP contribution >= 0.6 is 23.2 Å². The van der Waals surface area contributed by atoms with Gasteiger partial charge < -0.3 is 4.74 Å². The summed E-state index contributed by atoms with van der Waals surface area (Å²) in [5, 5.41) is 0.891. The molecule has 2 nitrogen and oxygen atoms in total. The molecule has 1 aromatic carbocycles. The summed E-state index contributed by atoms with van der Waals surface area (Å²) in [5.74, 6) is 0.0475. The van der Waals surface area contributed by atoms with Crippen LogP contribution in [0, 0.1) is 0 Å². The molecule has 0 saturated heterocycles. The number of hydrogen-bond donors (Lipinski definition) is 0. The standard InChI is InChI=1S/C11H12Cl2O2/c1-2-3-4-11(14)15-10-7-8(12)5-6-9(10)13/h5-7H,2-4H2,1H3. The number of halogens is 2. The van der Waals surface area contributed by atoms with Gasteiger partial charge in [0.05, 0.1) is 5.02 Å². The largest absolute Gasteiger partial charge is 0.425 e. The number of ether oxygens (including phenoxy) is 1. The predicted octanol–water partition coefficient (Wildman–Crippen LogP) is 4.09. The summed E-state index contributed by atoms with van der Waals surface area (Å²) < 4.78 is 5.07. The fourth-order valence-corrected chi connectivity index (χ4v) is 1.37. The summed E-state index contributed by atoms with van der Waals surface area (Å²) in [7, 11) is 0. The van der Waals surface area contributed by atoms with Gasteiger partial charge in [0.1, 0.15) is 0 Å². The first kappa shape index (κ1) is 12.3. The third kappa shape index (κ3) is 4.10. The molecule has 0 heterocycles. The van der Waals surface area contributed by atoms with Crippen LogP contribution in [0.2, 0.25) is 10.0 Å². The summed E-state index contributed by atoms with van der Waals surface area (Å²) in [5.41, 5.74) is 0. The highest BCUT2D eigenvalue weighted by molar-refractivity contribution is 6.34. The van der Waals surface area contributed by atoms with E-state index in [1.165, 1.54) is 6.07 Å². The molecular weight excluding hydrogens is 235 g/mol. The number of carbonyl (C=O) groups is 1. The second kappa shape index (κ2) is 5.99. The first-order valence-corrected chi connectivity index (χ1v) is 5.54. The Morgan fingerprint density at radius 2 is 2.13 bits per heavy atom. The van der Waals surface area contributed by atoms with E-state index >= 15 is 0 Å². The van der Waals surface area contributed by atoms with Gasteiger partial charge in [-0.2, -0.15) is 0 Å². The van der Waals surface area contributed by atoms with E-state index in [9.17, 15) is 4.79 Å². The molecule has 0 aliphatic rings. The van der Waals surface area contributed by atoms with Gasteiger partial charge >= 0.3 is 5.97 Å². The van der Waals surface area contributed by atoms with Crippen molar-refractivity contribution in [3.63, 3.8) is 0 Å². The molecule has 0 aliphatic carbocycles. The second-order valence-corrected chi connectivity index (χ2v) is 4.00. The summed E-state index contributed by atoms with van der Waals surface area (Å²) in [6.07, 6.45) is 2.18. The van der Waals surface area contributed by atoms with Gasteiger partial charge in [0, 0.05) is 17.5 Å². The van der Waals surface area contributed by atoms with Crippen LogP contribution in [0.3, 0.4) is 0 Å². The van der Waals surface area contributed by atoms with Gasteiger partial charge in [-0.15, -0.1) is 0 Å². The Hall–Kier alpha value is -0.730. The van der Waals surface area contributed by atoms with Crippen LogP contribution < -0.4 is 4.74 Å². The van der Waals surface area contributed by atoms with Crippen LogP contribution in [0.4, 0.5) is 0 Å². The first-order chi connectivity index (χ1) is 7.13. The van der Waals surface area contributed by atoms with Crippen LogP contribution in [0.25, 0.3) is 0 Å². The zero-order valence-corrected chi connectivity index (χ0v) is 9.94. The third-order valence-corrected chi connectivity index (χ3v) is 2.40. The van der Waals surface area contributed by atoms with Gasteiger partial charge in [-0.25, -0.2) is 0 Å². The molecule has 0 radical (unpaired) electrons. The summed E-state index contributed by atoms with van der Waals surface area (Å²) in [6, 6.07) is 4.79. The maximum Gasteiger partial charge on any atom is 0.311 e. The number of esters is 1. The lowest BCUT2D eigenvalue weighted by Gasteiger charge is -2.05. The number of carbonyl (C=O) groups excluding carboxylic acids is 1. The Labute approximate surface area is 99.1 Å². The quantitative estimate of drug-likeness (QED) is 0.591. The van der Waals surface area contributed by atoms with Gasteiger partial charge in [-0.05, 0) is 18.6 Å². The number of hydrogen-bond acceptors (Lipinski definition) is 2. The van der Waals surface area contributed by atoms with Crippen molar-refractivity contribution in [2.24, 2.45) is 0 Å². The Bertz CT molecular complexity index is 350. The lowest BCUT2D eigenvalue weighted by atomic mass is 10.2. The average Bonchev–Trinajstić information content (AvgIpc) is 2.20. The molecule has 15 heavy (non-hydrogen) atoms. The zero-order valence-electron chi connectivity index (χ0n) is 8.43. The highest BCUT2D eigenvalue weighted by Gasteiger charge is 2.08. The van der Waals surface area contributed by atoms with Crippen molar-refractivity contribution in [3.05, 3.63) is 28.2 Å². The fourth-order valence-electron chi connectivity index (χ4n) is 1.05. The Balaban J connectivity index is 2.63. The molecule has 4 heteroatoms. The number of rotatable bonds is 4. The minimum Gasteiger partial charge on any atom is -0.425 e. The predicted molar refractivity (Wildman–Crippen MR) is 61.6 cm³/mol. The van der Waals surface area contributed by atoms with Crippen LogP contribution in [-0.4, -0.2) is 5.97 Å². The van der Waals surface area contributed by atoms with Crippen molar-refractivity contribution in [2.75, 3.05) is 0 Å². The van der Waals surface area contributed by atoms with E-state index in [0.29, 0.717) is 22.2 Å². The van der Waals surface area contributed by atoms with Crippen molar-refractivity contribution >= 4 is 29.2 Å². The minimum absolute atomic E-state index is 0.277. The lowest BCUT2D eigenvalue weighted by Crippen LogP contribution is -2.07. The van der Waals surface area contributed by atoms with E-state index in [-0.39, 0.29) is 5.97 Å². The zero-order chi connectivity index (χ0) is 11.3. The SMILES string of the molecule is CCCCC(=O)Oc1cc(Cl)ccc1Cl. The molecular formula is C11H12Cl2O2. The van der Waals surface area contributed by atoms with E-state index in [0.717, 1.165) is 12.8 Å². The molecule has 0 aromatic heterocycles. The molecule has 0 saturated carbocycles. The molecule has 0 amide bonds. The Morgan fingerprint density at radius 1 is 1.40 bits per heavy atom. The minimum atomic E-state index is -0.277. The van der Waals surface area contributed by atoms with Crippen molar-refractivity contribution in [1.29, 1.82) is 0 Å². The monoisotopic (exact) mass is 246 g/mol. The highest BCUT2D eigenvalue weighted by atomic mass is 35.5. The fraction of sp³-hybridized carbons (Fsp3) is 0.364. The van der Waals surface area contributed by atoms with Crippen LogP contribution in [0.5, 0.6) is 5.75 Å². The Morgan fingerprint density at radius 3 is 2.80 bits per heavy atom. The van der Waals surface area contributed by atoms with E-state index in [4.69, 9.17) is 27.9 Å². The molecule has 0 unspecified atom stereocenters. The molecule has 0 spiro atoms. The normalized spacial score (nSPS) is 10.1. The maximum atomic E-state index is 11.3. The smallest absolute Gasteiger partial charge is 0.311 e. The second-order valence-electron chi connectivity index (χ2n) is 3.15. The van der Waals surface area contributed by atoms with Gasteiger partial charge in [-0.1, -0.05) is 36.5 Å². The lowest BCUT2D eigenvalue weighted by molar-refractivity contribution is -0.134. The first-order valence-electron chi connectivity index (χ1n) is 4.79. The van der Waals surface area contributed by atoms with Crippen molar-refractivity contribution < 1.29 is 9.53 Å². The molecule has 0 fully saturated rings. The summed E-state index contributed by atoms with van der Waals surface area (Å²) >= 11 is 11.6. The molecule has 82 valence electrons. The summed E-state index contributed by atoms with van der Waals surface area (Å²) in [4.78, 5) is 11.3. The molecule has 1 aromatic rings. The van der Waals surface area contributed by atoms with Crippen LogP contribution in [-0.2, 0) is 4.79 Å². The van der Waals surface area contributed by atoms with Gasteiger partial charge in [-0.3, -0.25) is 4.79 Å².